The number of benzene rings is 1. The van der Waals surface area contributed by atoms with Gasteiger partial charge < -0.3 is 15.0 Å². The van der Waals surface area contributed by atoms with Crippen LogP contribution in [0.5, 0.6) is 0 Å². The minimum atomic E-state index is -0.482. The van der Waals surface area contributed by atoms with Crippen LogP contribution in [0.4, 0.5) is 5.69 Å². The van der Waals surface area contributed by atoms with E-state index in [4.69, 9.17) is 4.74 Å². The molecule has 0 radical (unpaired) electrons. The van der Waals surface area contributed by atoms with E-state index in [2.05, 4.69) is 17.2 Å². The Balaban J connectivity index is 1.76. The van der Waals surface area contributed by atoms with Crippen LogP contribution >= 0.6 is 0 Å². The fraction of sp³-hybridized carbons (Fsp3) is 0.364. The van der Waals surface area contributed by atoms with Gasteiger partial charge in [-0.05, 0) is 56.0 Å². The molecule has 0 bridgehead atoms. The zero-order valence-electron chi connectivity index (χ0n) is 16.7. The third-order valence-corrected chi connectivity index (χ3v) is 5.14. The van der Waals surface area contributed by atoms with E-state index in [0.29, 0.717) is 16.8 Å². The van der Waals surface area contributed by atoms with Crippen molar-refractivity contribution in [2.24, 2.45) is 0 Å². The van der Waals surface area contributed by atoms with Gasteiger partial charge in [0.2, 0.25) is 0 Å². The smallest absolute Gasteiger partial charge is 0.337 e. The fourth-order valence-corrected chi connectivity index (χ4v) is 3.57. The number of aromatic nitrogens is 1. The molecular formula is C22H25N3O4. The van der Waals surface area contributed by atoms with Crippen molar-refractivity contribution in [3.63, 3.8) is 0 Å². The van der Waals surface area contributed by atoms with Crippen LogP contribution < -0.4 is 5.32 Å². The first-order valence-electron chi connectivity index (χ1n) is 9.80. The summed E-state index contributed by atoms with van der Waals surface area (Å²) in [6.45, 7) is 2.80. The molecule has 1 saturated heterocycles. The third-order valence-electron chi connectivity index (χ3n) is 5.14. The molecule has 1 aromatic heterocycles. The molecule has 1 N–H and O–H groups in total. The number of hydrogen-bond donors (Lipinski definition) is 1. The molecule has 0 spiro atoms. The van der Waals surface area contributed by atoms with Crippen molar-refractivity contribution in [1.29, 1.82) is 0 Å². The van der Waals surface area contributed by atoms with E-state index in [9.17, 15) is 14.4 Å². The lowest BCUT2D eigenvalue weighted by atomic mass is 9.99. The largest absolute Gasteiger partial charge is 0.465 e. The number of nitrogens with zero attached hydrogens (tertiary/aromatic N) is 2. The highest BCUT2D eigenvalue weighted by atomic mass is 16.5. The monoisotopic (exact) mass is 395 g/mol. The molecule has 2 heterocycles. The highest BCUT2D eigenvalue weighted by Gasteiger charge is 2.27. The SMILES string of the molecule is CCC1CCCCN1C(=O)c1cc(C(=O)Nc2cccc(C(=O)OC)c2)ccn1. The molecule has 1 fully saturated rings. The van der Waals surface area contributed by atoms with Crippen LogP contribution in [0.25, 0.3) is 0 Å². The van der Waals surface area contributed by atoms with Crippen LogP contribution in [0, 0.1) is 0 Å². The van der Waals surface area contributed by atoms with Gasteiger partial charge in [-0.2, -0.15) is 0 Å². The topological polar surface area (TPSA) is 88.6 Å². The van der Waals surface area contributed by atoms with Crippen molar-refractivity contribution in [2.45, 2.75) is 38.6 Å². The van der Waals surface area contributed by atoms with E-state index in [0.717, 1.165) is 32.2 Å². The van der Waals surface area contributed by atoms with Crippen molar-refractivity contribution in [2.75, 3.05) is 19.0 Å². The highest BCUT2D eigenvalue weighted by Crippen LogP contribution is 2.22. The van der Waals surface area contributed by atoms with Gasteiger partial charge in [-0.25, -0.2) is 4.79 Å². The predicted octanol–water partition coefficient (Wildman–Crippen LogP) is 3.53. The zero-order valence-corrected chi connectivity index (χ0v) is 16.7. The van der Waals surface area contributed by atoms with Crippen molar-refractivity contribution < 1.29 is 19.1 Å². The number of carbonyl (C=O) groups is 3. The van der Waals surface area contributed by atoms with Crippen LogP contribution in [0.1, 0.15) is 63.8 Å². The summed E-state index contributed by atoms with van der Waals surface area (Å²) in [5.74, 6) is -1.00. The Bertz CT molecular complexity index is 912. The summed E-state index contributed by atoms with van der Waals surface area (Å²) in [7, 11) is 1.30. The van der Waals surface area contributed by atoms with Crippen LogP contribution in [-0.4, -0.2) is 47.4 Å². The van der Waals surface area contributed by atoms with E-state index in [1.807, 2.05) is 4.90 Å². The van der Waals surface area contributed by atoms with E-state index in [1.54, 1.807) is 24.3 Å². The van der Waals surface area contributed by atoms with E-state index in [1.165, 1.54) is 25.4 Å². The molecule has 7 heteroatoms. The number of piperidine rings is 1. The first-order valence-corrected chi connectivity index (χ1v) is 9.80. The molecule has 1 aliphatic rings. The molecule has 29 heavy (non-hydrogen) atoms. The number of likely N-dealkylation sites (tertiary alicyclic amines) is 1. The maximum Gasteiger partial charge on any atom is 0.337 e. The second kappa shape index (κ2) is 9.32. The molecule has 1 atom stereocenters. The molecule has 1 unspecified atom stereocenters. The van der Waals surface area contributed by atoms with Gasteiger partial charge in [-0.3, -0.25) is 14.6 Å². The van der Waals surface area contributed by atoms with Gasteiger partial charge in [0.15, 0.2) is 0 Å². The number of methoxy groups -OCH3 is 1. The Morgan fingerprint density at radius 2 is 2.00 bits per heavy atom. The second-order valence-electron chi connectivity index (χ2n) is 7.01. The summed E-state index contributed by atoms with van der Waals surface area (Å²) in [6, 6.07) is 9.77. The first-order chi connectivity index (χ1) is 14.0. The lowest BCUT2D eigenvalue weighted by Crippen LogP contribution is -2.43. The molecule has 7 nitrogen and oxygen atoms in total. The number of pyridine rings is 1. The number of rotatable bonds is 5. The molecule has 0 aliphatic carbocycles. The second-order valence-corrected chi connectivity index (χ2v) is 7.01. The summed E-state index contributed by atoms with van der Waals surface area (Å²) < 4.78 is 4.70. The minimum Gasteiger partial charge on any atom is -0.465 e. The lowest BCUT2D eigenvalue weighted by molar-refractivity contribution is 0.0593. The minimum absolute atomic E-state index is 0.140. The Morgan fingerprint density at radius 1 is 1.17 bits per heavy atom. The van der Waals surface area contributed by atoms with Crippen LogP contribution in [-0.2, 0) is 4.74 Å². The Hall–Kier alpha value is -3.22. The van der Waals surface area contributed by atoms with Gasteiger partial charge >= 0.3 is 5.97 Å². The van der Waals surface area contributed by atoms with Crippen LogP contribution in [0.2, 0.25) is 0 Å². The summed E-state index contributed by atoms with van der Waals surface area (Å²) in [5.41, 5.74) is 1.40. The normalized spacial score (nSPS) is 16.2. The van der Waals surface area contributed by atoms with Crippen molar-refractivity contribution in [3.8, 4) is 0 Å². The quantitative estimate of drug-likeness (QED) is 0.783. The van der Waals surface area contributed by atoms with Crippen molar-refractivity contribution >= 4 is 23.5 Å². The molecule has 1 aromatic carbocycles. The number of hydrogen-bond acceptors (Lipinski definition) is 5. The number of ether oxygens (including phenoxy) is 1. The molecular weight excluding hydrogens is 370 g/mol. The number of amides is 2. The standard InChI is InChI=1S/C22H25N3O4/c1-3-18-9-4-5-12-25(18)21(27)19-14-15(10-11-23-19)20(26)24-17-8-6-7-16(13-17)22(28)29-2/h6-8,10-11,13-14,18H,3-5,9,12H2,1-2H3,(H,24,26). The van der Waals surface area contributed by atoms with E-state index < -0.39 is 5.97 Å². The van der Waals surface area contributed by atoms with Crippen LogP contribution in [0.3, 0.4) is 0 Å². The van der Waals surface area contributed by atoms with Crippen molar-refractivity contribution in [1.82, 2.24) is 9.88 Å². The predicted molar refractivity (Wildman–Crippen MR) is 109 cm³/mol. The van der Waals surface area contributed by atoms with Crippen molar-refractivity contribution in [3.05, 3.63) is 59.4 Å². The highest BCUT2D eigenvalue weighted by molar-refractivity contribution is 6.06. The summed E-state index contributed by atoms with van der Waals surface area (Å²) in [4.78, 5) is 43.3. The zero-order chi connectivity index (χ0) is 20.8. The average Bonchev–Trinajstić information content (AvgIpc) is 2.78. The maximum absolute atomic E-state index is 12.9. The Kier molecular flexibility index (Phi) is 6.59. The number of carbonyl (C=O) groups excluding carboxylic acids is 3. The van der Waals surface area contributed by atoms with Gasteiger partial charge in [0.05, 0.1) is 12.7 Å². The van der Waals surface area contributed by atoms with Crippen LogP contribution in [0.15, 0.2) is 42.6 Å². The number of esters is 1. The lowest BCUT2D eigenvalue weighted by Gasteiger charge is -2.35. The van der Waals surface area contributed by atoms with Gasteiger partial charge in [0, 0.05) is 30.0 Å². The molecule has 2 aromatic rings. The van der Waals surface area contributed by atoms with Gasteiger partial charge in [0.1, 0.15) is 5.69 Å². The maximum atomic E-state index is 12.9. The average molecular weight is 395 g/mol. The van der Waals surface area contributed by atoms with Gasteiger partial charge in [-0.1, -0.05) is 13.0 Å². The molecule has 2 amide bonds. The summed E-state index contributed by atoms with van der Waals surface area (Å²) in [5, 5.41) is 2.74. The molecule has 1 aliphatic heterocycles. The summed E-state index contributed by atoms with van der Waals surface area (Å²) in [6.07, 6.45) is 5.49. The Labute approximate surface area is 170 Å². The summed E-state index contributed by atoms with van der Waals surface area (Å²) >= 11 is 0. The number of anilines is 1. The fourth-order valence-electron chi connectivity index (χ4n) is 3.57. The third kappa shape index (κ3) is 4.80. The molecule has 152 valence electrons. The van der Waals surface area contributed by atoms with Gasteiger partial charge in [-0.15, -0.1) is 0 Å². The first kappa shape index (κ1) is 20.5. The van der Waals surface area contributed by atoms with Gasteiger partial charge in [0.25, 0.3) is 11.8 Å². The molecule has 3 rings (SSSR count). The Morgan fingerprint density at radius 3 is 2.76 bits per heavy atom. The molecule has 0 saturated carbocycles. The van der Waals surface area contributed by atoms with E-state index >= 15 is 0 Å². The van der Waals surface area contributed by atoms with E-state index in [-0.39, 0.29) is 23.6 Å². The number of nitrogens with one attached hydrogen (secondary N) is 1.